The van der Waals surface area contributed by atoms with E-state index in [0.717, 1.165) is 6.21 Å². The lowest BCUT2D eigenvalue weighted by Gasteiger charge is -2.01. The van der Waals surface area contributed by atoms with Gasteiger partial charge in [0.05, 0.1) is 17.2 Å². The number of carbonyl (C=O) groups is 1. The summed E-state index contributed by atoms with van der Waals surface area (Å²) >= 11 is 0. The molecule has 0 unspecified atom stereocenters. The molecule has 0 heterocycles. The zero-order valence-electron chi connectivity index (χ0n) is 9.53. The van der Waals surface area contributed by atoms with Crippen LogP contribution < -0.4 is 5.43 Å². The van der Waals surface area contributed by atoms with Gasteiger partial charge in [-0.1, -0.05) is 0 Å². The molecule has 0 saturated heterocycles. The van der Waals surface area contributed by atoms with Crippen molar-refractivity contribution in [2.45, 2.75) is 11.8 Å². The van der Waals surface area contributed by atoms with Crippen LogP contribution in [0.4, 0.5) is 5.69 Å². The molecular weight excluding hydrogens is 260 g/mol. The molecule has 0 saturated carbocycles. The molecule has 0 bridgehead atoms. The van der Waals surface area contributed by atoms with E-state index in [1.807, 2.05) is 0 Å². The van der Waals surface area contributed by atoms with Crippen LogP contribution in [0.5, 0.6) is 0 Å². The predicted molar refractivity (Wildman–Crippen MR) is 65.0 cm³/mol. The minimum Gasteiger partial charge on any atom is -0.462 e. The van der Waals surface area contributed by atoms with Gasteiger partial charge >= 0.3 is 5.97 Å². The number of hydrogen-bond acceptors (Lipinski definition) is 6. The highest BCUT2D eigenvalue weighted by Gasteiger charge is 2.07. The number of esters is 1. The van der Waals surface area contributed by atoms with Crippen LogP contribution in [-0.4, -0.2) is 31.8 Å². The van der Waals surface area contributed by atoms with Crippen LogP contribution in [0.3, 0.4) is 0 Å². The number of hydrazone groups is 1. The topological polar surface area (TPSA) is 105 Å². The Kier molecular flexibility index (Phi) is 4.81. The second-order valence-electron chi connectivity index (χ2n) is 3.12. The third-order valence-corrected chi connectivity index (χ3v) is 2.67. The van der Waals surface area contributed by atoms with Gasteiger partial charge in [0.15, 0.2) is 0 Å². The fourth-order valence-corrected chi connectivity index (χ4v) is 1.52. The number of anilines is 1. The Bertz CT molecular complexity index is 536. The number of carbonyl (C=O) groups excluding carboxylic acids is 1. The van der Waals surface area contributed by atoms with E-state index in [1.54, 1.807) is 6.92 Å². The summed E-state index contributed by atoms with van der Waals surface area (Å²) in [5, 5.41) is 3.59. The molecule has 0 aliphatic heterocycles. The summed E-state index contributed by atoms with van der Waals surface area (Å²) in [4.78, 5) is 10.7. The summed E-state index contributed by atoms with van der Waals surface area (Å²) in [5.41, 5.74) is 2.97. The number of ether oxygens (including phenoxy) is 1. The van der Waals surface area contributed by atoms with Crippen molar-refractivity contribution >= 4 is 28.0 Å². The Labute approximate surface area is 104 Å². The molecule has 18 heavy (non-hydrogen) atoms. The van der Waals surface area contributed by atoms with Gasteiger partial charge in [-0.05, 0) is 31.2 Å². The van der Waals surface area contributed by atoms with Gasteiger partial charge in [-0.3, -0.25) is 9.98 Å². The van der Waals surface area contributed by atoms with E-state index in [9.17, 15) is 13.2 Å². The van der Waals surface area contributed by atoms with Crippen molar-refractivity contribution in [2.75, 3.05) is 12.0 Å². The third-order valence-electron chi connectivity index (χ3n) is 1.80. The van der Waals surface area contributed by atoms with E-state index >= 15 is 0 Å². The fraction of sp³-hybridized carbons (Fsp3) is 0.200. The largest absolute Gasteiger partial charge is 0.462 e. The molecule has 8 heteroatoms. The Morgan fingerprint density at radius 1 is 1.44 bits per heavy atom. The minimum absolute atomic E-state index is 0.220. The second kappa shape index (κ2) is 6.12. The van der Waals surface area contributed by atoms with Gasteiger partial charge < -0.3 is 4.74 Å². The van der Waals surface area contributed by atoms with E-state index in [-0.39, 0.29) is 11.5 Å². The standard InChI is InChI=1S/C10H12N2O5S/c1-2-17-10(13)7-11-12-8-3-5-9(6-4-8)18(14,15)16/h3-7,12H,2H2,1H3,(H,14,15,16). The monoisotopic (exact) mass is 272 g/mol. The van der Waals surface area contributed by atoms with Crippen LogP contribution >= 0.6 is 0 Å². The van der Waals surface area contributed by atoms with Crippen LogP contribution in [0, 0.1) is 0 Å². The molecule has 7 nitrogen and oxygen atoms in total. The quantitative estimate of drug-likeness (QED) is 0.357. The number of benzene rings is 1. The molecule has 0 aliphatic rings. The van der Waals surface area contributed by atoms with Crippen molar-refractivity contribution in [1.29, 1.82) is 0 Å². The van der Waals surface area contributed by atoms with Gasteiger partial charge in [0.1, 0.15) is 6.21 Å². The summed E-state index contributed by atoms with van der Waals surface area (Å²) < 4.78 is 34.9. The van der Waals surface area contributed by atoms with Crippen LogP contribution in [-0.2, 0) is 19.6 Å². The van der Waals surface area contributed by atoms with E-state index in [4.69, 9.17) is 4.55 Å². The molecule has 0 radical (unpaired) electrons. The first-order valence-corrected chi connectivity index (χ1v) is 6.41. The van der Waals surface area contributed by atoms with E-state index in [0.29, 0.717) is 5.69 Å². The SMILES string of the molecule is CCOC(=O)C=NNc1ccc(S(=O)(=O)O)cc1. The predicted octanol–water partition coefficient (Wildman–Crippen LogP) is 0.894. The van der Waals surface area contributed by atoms with Gasteiger partial charge in [-0.2, -0.15) is 13.5 Å². The van der Waals surface area contributed by atoms with E-state index in [2.05, 4.69) is 15.3 Å². The fourth-order valence-electron chi connectivity index (χ4n) is 1.04. The van der Waals surface area contributed by atoms with Gasteiger partial charge in [0.25, 0.3) is 10.1 Å². The maximum Gasteiger partial charge on any atom is 0.351 e. The molecule has 0 atom stereocenters. The summed E-state index contributed by atoms with van der Waals surface area (Å²) in [6.07, 6.45) is 0.959. The molecule has 0 aliphatic carbocycles. The number of hydrogen-bond donors (Lipinski definition) is 2. The van der Waals surface area contributed by atoms with E-state index in [1.165, 1.54) is 24.3 Å². The number of rotatable bonds is 5. The van der Waals surface area contributed by atoms with Gasteiger partial charge in [-0.25, -0.2) is 4.79 Å². The Morgan fingerprint density at radius 2 is 2.06 bits per heavy atom. The zero-order chi connectivity index (χ0) is 13.6. The number of nitrogens with zero attached hydrogens (tertiary/aromatic N) is 1. The second-order valence-corrected chi connectivity index (χ2v) is 4.54. The average Bonchev–Trinajstić information content (AvgIpc) is 2.29. The van der Waals surface area contributed by atoms with Gasteiger partial charge in [0.2, 0.25) is 0 Å². The van der Waals surface area contributed by atoms with Crippen molar-refractivity contribution in [2.24, 2.45) is 5.10 Å². The molecular formula is C10H12N2O5S. The lowest BCUT2D eigenvalue weighted by atomic mass is 10.3. The molecule has 0 aromatic heterocycles. The molecule has 98 valence electrons. The maximum atomic E-state index is 10.9. The zero-order valence-corrected chi connectivity index (χ0v) is 10.3. The molecule has 1 aromatic rings. The average molecular weight is 272 g/mol. The molecule has 0 amide bonds. The summed E-state index contributed by atoms with van der Waals surface area (Å²) in [5.74, 6) is -0.584. The van der Waals surface area contributed by atoms with Crippen LogP contribution in [0.1, 0.15) is 6.92 Å². The molecule has 1 aromatic carbocycles. The van der Waals surface area contributed by atoms with Crippen molar-refractivity contribution in [3.05, 3.63) is 24.3 Å². The van der Waals surface area contributed by atoms with Crippen LogP contribution in [0.2, 0.25) is 0 Å². The molecule has 0 spiro atoms. The third kappa shape index (κ3) is 4.52. The van der Waals surface area contributed by atoms with Gasteiger partial charge in [0, 0.05) is 0 Å². The first-order chi connectivity index (χ1) is 8.43. The van der Waals surface area contributed by atoms with Crippen molar-refractivity contribution in [3.8, 4) is 0 Å². The van der Waals surface area contributed by atoms with Crippen molar-refractivity contribution in [3.63, 3.8) is 0 Å². The smallest absolute Gasteiger partial charge is 0.351 e. The maximum absolute atomic E-state index is 10.9. The Balaban J connectivity index is 2.62. The molecule has 0 fully saturated rings. The van der Waals surface area contributed by atoms with E-state index < -0.39 is 16.1 Å². The van der Waals surface area contributed by atoms with Gasteiger partial charge in [-0.15, -0.1) is 0 Å². The first-order valence-electron chi connectivity index (χ1n) is 4.97. The lowest BCUT2D eigenvalue weighted by molar-refractivity contribution is -0.134. The summed E-state index contributed by atoms with van der Waals surface area (Å²) in [6.45, 7) is 1.93. The normalized spacial score (nSPS) is 11.4. The minimum atomic E-state index is -4.20. The highest BCUT2D eigenvalue weighted by Crippen LogP contribution is 2.13. The highest BCUT2D eigenvalue weighted by molar-refractivity contribution is 7.85. The molecule has 1 rings (SSSR count). The highest BCUT2D eigenvalue weighted by atomic mass is 32.2. The van der Waals surface area contributed by atoms with Crippen LogP contribution in [0.15, 0.2) is 34.3 Å². The number of nitrogens with one attached hydrogen (secondary N) is 1. The van der Waals surface area contributed by atoms with Crippen molar-refractivity contribution < 1.29 is 22.5 Å². The van der Waals surface area contributed by atoms with Crippen molar-refractivity contribution in [1.82, 2.24) is 0 Å². The lowest BCUT2D eigenvalue weighted by Crippen LogP contribution is -2.06. The van der Waals surface area contributed by atoms with Crippen LogP contribution in [0.25, 0.3) is 0 Å². The summed E-state index contributed by atoms with van der Waals surface area (Å²) in [7, 11) is -4.20. The first kappa shape index (κ1) is 14.1. The molecule has 2 N–H and O–H groups in total. The Morgan fingerprint density at radius 3 is 2.56 bits per heavy atom. The Hall–Kier alpha value is -1.93. The summed E-state index contributed by atoms with van der Waals surface area (Å²) in [6, 6.07) is 5.20.